The van der Waals surface area contributed by atoms with Crippen molar-refractivity contribution >= 4 is 63.9 Å². The van der Waals surface area contributed by atoms with Gasteiger partial charge in [-0.15, -0.1) is 11.3 Å². The minimum atomic E-state index is -4.42. The van der Waals surface area contributed by atoms with Crippen LogP contribution in [0.1, 0.15) is 53.0 Å². The average Bonchev–Trinajstić information content (AvgIpc) is 3.45. The molecule has 0 atom stereocenters. The van der Waals surface area contributed by atoms with E-state index in [1.54, 1.807) is 24.3 Å². The maximum Gasteiger partial charge on any atom is 0.416 e. The number of carbonyl (C=O) groups is 1. The first-order chi connectivity index (χ1) is 21.5. The number of allylic oxidation sites excluding steroid dienone is 1. The second kappa shape index (κ2) is 16.7. The van der Waals surface area contributed by atoms with Gasteiger partial charge in [0.15, 0.2) is 5.78 Å². The molecule has 0 saturated carbocycles. The van der Waals surface area contributed by atoms with E-state index in [9.17, 15) is 18.0 Å². The Kier molecular flexibility index (Phi) is 13.0. The van der Waals surface area contributed by atoms with Crippen LogP contribution in [0.3, 0.4) is 0 Å². The van der Waals surface area contributed by atoms with Crippen LogP contribution in [0.2, 0.25) is 10.0 Å². The molecule has 1 saturated heterocycles. The number of rotatable bonds is 13. The van der Waals surface area contributed by atoms with Crippen molar-refractivity contribution < 1.29 is 18.0 Å². The maximum atomic E-state index is 13.3. The number of hydrogen-bond acceptors (Lipinski definition) is 8. The smallest absolute Gasteiger partial charge is 0.396 e. The molecule has 0 unspecified atom stereocenters. The molecule has 0 aliphatic carbocycles. The minimum absolute atomic E-state index is 0.106. The molecule has 13 heteroatoms. The van der Waals surface area contributed by atoms with Crippen molar-refractivity contribution in [3.05, 3.63) is 96.8 Å². The molecule has 1 aliphatic heterocycles. The number of nitrogens with one attached hydrogen (secondary N) is 1. The quantitative estimate of drug-likeness (QED) is 0.0557. The van der Waals surface area contributed by atoms with Gasteiger partial charge in [-0.05, 0) is 80.4 Å². The van der Waals surface area contributed by atoms with Crippen molar-refractivity contribution in [3.63, 3.8) is 0 Å². The van der Waals surface area contributed by atoms with Crippen LogP contribution in [0.4, 0.5) is 18.9 Å². The average molecular weight is 695 g/mol. The summed E-state index contributed by atoms with van der Waals surface area (Å²) in [5.74, 6) is 5.75. The molecule has 5 N–H and O–H groups in total. The van der Waals surface area contributed by atoms with Crippen LogP contribution < -0.4 is 16.2 Å². The zero-order valence-electron chi connectivity index (χ0n) is 24.2. The number of carbonyl (C=O) groups excluding carboxylic acids is 1. The number of alkyl halides is 3. The Morgan fingerprint density at radius 3 is 2.44 bits per heavy atom. The third-order valence-corrected chi connectivity index (χ3v) is 9.24. The van der Waals surface area contributed by atoms with Crippen molar-refractivity contribution in [1.29, 1.82) is 0 Å². The first-order valence-corrected chi connectivity index (χ1v) is 16.6. The van der Waals surface area contributed by atoms with Gasteiger partial charge in [0.2, 0.25) is 0 Å². The van der Waals surface area contributed by atoms with Crippen molar-refractivity contribution in [2.75, 3.05) is 26.2 Å². The summed E-state index contributed by atoms with van der Waals surface area (Å²) in [6.45, 7) is 2.72. The lowest BCUT2D eigenvalue weighted by Crippen LogP contribution is -2.35. The number of unbranched alkanes of at least 4 members (excludes halogenated alkanes) is 2. The number of aliphatic imine (C=N–C) groups is 1. The lowest BCUT2D eigenvalue weighted by molar-refractivity contribution is -0.137. The molecule has 1 fully saturated rings. The standard InChI is InChI=1S/C32H32Cl2F3N5OS2/c33-23-11-14-27(26(34)19-23)41-31(25(20-40-45-42-17-4-18-42)30(39)28(43)5-2-1-3-16-38)29-15-13-24(44-29)12-8-21-6-9-22(10-7-21)32(35,36)37/h6-7,9-11,13-15,19,40H,1-5,16-18,20,38-39H2/b30-25-,41-31?. The van der Waals surface area contributed by atoms with E-state index in [1.807, 2.05) is 6.07 Å². The number of thiophene rings is 1. The number of benzene rings is 2. The van der Waals surface area contributed by atoms with Gasteiger partial charge in [-0.2, -0.15) is 13.2 Å². The molecule has 1 aliphatic rings. The van der Waals surface area contributed by atoms with Gasteiger partial charge in [0, 0.05) is 54.3 Å². The molecule has 238 valence electrons. The highest BCUT2D eigenvalue weighted by Gasteiger charge is 2.30. The van der Waals surface area contributed by atoms with Gasteiger partial charge in [0.05, 0.1) is 37.4 Å². The first kappa shape index (κ1) is 35.0. The van der Waals surface area contributed by atoms with Crippen molar-refractivity contribution in [2.24, 2.45) is 16.5 Å². The Labute approximate surface area is 279 Å². The normalized spacial score (nSPS) is 14.4. The molecule has 0 amide bonds. The van der Waals surface area contributed by atoms with E-state index in [0.717, 1.165) is 44.5 Å². The van der Waals surface area contributed by atoms with E-state index in [4.69, 9.17) is 39.7 Å². The van der Waals surface area contributed by atoms with Crippen LogP contribution >= 0.6 is 46.7 Å². The molecule has 0 bridgehead atoms. The molecule has 1 aromatic heterocycles. The van der Waals surface area contributed by atoms with Gasteiger partial charge in [-0.3, -0.25) is 4.79 Å². The van der Waals surface area contributed by atoms with Gasteiger partial charge in [0.1, 0.15) is 0 Å². The number of nitrogens with two attached hydrogens (primary N) is 2. The molecule has 3 aromatic rings. The summed E-state index contributed by atoms with van der Waals surface area (Å²) in [5, 5.41) is 0.779. The Morgan fingerprint density at radius 2 is 1.80 bits per heavy atom. The second-order valence-electron chi connectivity index (χ2n) is 10.2. The molecule has 6 nitrogen and oxygen atoms in total. The summed E-state index contributed by atoms with van der Waals surface area (Å²) in [4.78, 5) is 19.5. The molecular weight excluding hydrogens is 662 g/mol. The van der Waals surface area contributed by atoms with Gasteiger partial charge < -0.3 is 11.5 Å². The van der Waals surface area contributed by atoms with E-state index in [1.165, 1.54) is 35.6 Å². The Bertz CT molecular complexity index is 1610. The van der Waals surface area contributed by atoms with Crippen molar-refractivity contribution in [1.82, 2.24) is 9.03 Å². The summed E-state index contributed by atoms with van der Waals surface area (Å²) in [6, 6.07) is 13.2. The van der Waals surface area contributed by atoms with Crippen LogP contribution in [-0.2, 0) is 11.0 Å². The highest BCUT2D eigenvalue weighted by Crippen LogP contribution is 2.32. The van der Waals surface area contributed by atoms with E-state index in [-0.39, 0.29) is 24.4 Å². The van der Waals surface area contributed by atoms with Gasteiger partial charge >= 0.3 is 6.18 Å². The fraction of sp³-hybridized carbons (Fsp3) is 0.312. The molecule has 2 heterocycles. The molecule has 0 radical (unpaired) electrons. The Morgan fingerprint density at radius 1 is 1.04 bits per heavy atom. The van der Waals surface area contributed by atoms with Gasteiger partial charge in [-0.25, -0.2) is 14.0 Å². The van der Waals surface area contributed by atoms with E-state index < -0.39 is 11.7 Å². The number of halogens is 5. The third-order valence-electron chi connectivity index (χ3n) is 6.80. The summed E-state index contributed by atoms with van der Waals surface area (Å²) >= 11 is 15.4. The fourth-order valence-corrected chi connectivity index (χ4v) is 6.32. The van der Waals surface area contributed by atoms with E-state index in [0.29, 0.717) is 55.3 Å². The molecule has 45 heavy (non-hydrogen) atoms. The van der Waals surface area contributed by atoms with Crippen molar-refractivity contribution in [3.8, 4) is 11.8 Å². The molecule has 2 aromatic carbocycles. The van der Waals surface area contributed by atoms with Crippen LogP contribution in [0.15, 0.2) is 70.9 Å². The van der Waals surface area contributed by atoms with Crippen LogP contribution in [0.25, 0.3) is 0 Å². The van der Waals surface area contributed by atoms with E-state index in [2.05, 4.69) is 20.9 Å². The summed E-state index contributed by atoms with van der Waals surface area (Å²) in [6.07, 6.45) is -0.713. The number of hydrogen-bond donors (Lipinski definition) is 3. The predicted molar refractivity (Wildman–Crippen MR) is 180 cm³/mol. The lowest BCUT2D eigenvalue weighted by Gasteiger charge is -2.29. The number of ketones is 1. The monoisotopic (exact) mass is 693 g/mol. The van der Waals surface area contributed by atoms with E-state index >= 15 is 0 Å². The summed E-state index contributed by atoms with van der Waals surface area (Å²) in [5.41, 5.74) is 13.4. The molecular formula is C32H32Cl2F3N5OS2. The number of nitrogens with zero attached hydrogens (tertiary/aromatic N) is 2. The summed E-state index contributed by atoms with van der Waals surface area (Å²) < 4.78 is 44.3. The summed E-state index contributed by atoms with van der Waals surface area (Å²) in [7, 11) is 0. The predicted octanol–water partition coefficient (Wildman–Crippen LogP) is 7.75. The Balaban J connectivity index is 1.71. The zero-order valence-corrected chi connectivity index (χ0v) is 27.4. The zero-order chi connectivity index (χ0) is 32.4. The largest absolute Gasteiger partial charge is 0.416 e. The molecule has 0 spiro atoms. The highest BCUT2D eigenvalue weighted by atomic mass is 35.5. The minimum Gasteiger partial charge on any atom is -0.396 e. The van der Waals surface area contributed by atoms with Crippen LogP contribution in [0, 0.1) is 11.8 Å². The van der Waals surface area contributed by atoms with Gasteiger partial charge in [0.25, 0.3) is 0 Å². The molecule has 4 rings (SSSR count). The highest BCUT2D eigenvalue weighted by molar-refractivity contribution is 7.95. The Hall–Kier alpha value is -2.82. The lowest BCUT2D eigenvalue weighted by atomic mass is 10.0. The first-order valence-electron chi connectivity index (χ1n) is 14.3. The van der Waals surface area contributed by atoms with Gasteiger partial charge in [-0.1, -0.05) is 41.5 Å². The fourth-order valence-electron chi connectivity index (χ4n) is 4.16. The topological polar surface area (TPSA) is 96.7 Å². The number of Topliss-reactive ketones (excluding diaryl/α,β-unsaturated/α-hetero) is 1. The van der Waals surface area contributed by atoms with Crippen LogP contribution in [0.5, 0.6) is 0 Å². The SMILES string of the molecule is NCCCCCC(=O)/C(N)=C(\CNSN1CCC1)C(=Nc1ccc(Cl)cc1Cl)c1ccc(C#Cc2ccc(C(F)(F)F)cc2)s1. The third kappa shape index (κ3) is 10.3. The van der Waals surface area contributed by atoms with Crippen molar-refractivity contribution in [2.45, 2.75) is 38.3 Å². The van der Waals surface area contributed by atoms with Crippen LogP contribution in [-0.4, -0.2) is 42.0 Å². The second-order valence-corrected chi connectivity index (χ2v) is 13.1. The maximum absolute atomic E-state index is 13.3.